The number of carbonyl (C=O) groups is 1. The third-order valence-corrected chi connectivity index (χ3v) is 3.11. The number of benzene rings is 1. The number of rotatable bonds is 6. The van der Waals surface area contributed by atoms with Crippen molar-refractivity contribution in [2.75, 3.05) is 5.88 Å². The maximum Gasteiger partial charge on any atom is 0.251 e. The van der Waals surface area contributed by atoms with Crippen LogP contribution in [0.1, 0.15) is 38.1 Å². The first kappa shape index (κ1) is 15.8. The van der Waals surface area contributed by atoms with Gasteiger partial charge in [-0.15, -0.1) is 11.6 Å². The first-order valence-electron chi connectivity index (χ1n) is 6.57. The third-order valence-electron chi connectivity index (χ3n) is 2.78. The molecule has 0 saturated carbocycles. The van der Waals surface area contributed by atoms with Crippen molar-refractivity contribution in [2.24, 2.45) is 5.92 Å². The number of ether oxygens (including phenoxy) is 1. The Balaban J connectivity index is 2.67. The zero-order chi connectivity index (χ0) is 14.4. The molecule has 4 heteroatoms. The van der Waals surface area contributed by atoms with E-state index in [-0.39, 0.29) is 18.1 Å². The zero-order valence-corrected chi connectivity index (χ0v) is 12.7. The Morgan fingerprint density at radius 2 is 1.79 bits per heavy atom. The Kier molecular flexibility index (Phi) is 6.16. The van der Waals surface area contributed by atoms with E-state index in [9.17, 15) is 4.79 Å². The van der Waals surface area contributed by atoms with Gasteiger partial charge >= 0.3 is 0 Å². The predicted molar refractivity (Wildman–Crippen MR) is 79.0 cm³/mol. The van der Waals surface area contributed by atoms with Crippen LogP contribution in [0.25, 0.3) is 0 Å². The zero-order valence-electron chi connectivity index (χ0n) is 11.9. The molecule has 0 aliphatic heterocycles. The van der Waals surface area contributed by atoms with Crippen molar-refractivity contribution in [1.29, 1.82) is 0 Å². The fourth-order valence-corrected chi connectivity index (χ4v) is 2.03. The number of carbonyl (C=O) groups excluding carboxylic acids is 1. The molecule has 0 heterocycles. The molecule has 3 nitrogen and oxygen atoms in total. The van der Waals surface area contributed by atoms with Gasteiger partial charge in [-0.2, -0.15) is 0 Å². The lowest BCUT2D eigenvalue weighted by Crippen LogP contribution is -2.39. The smallest absolute Gasteiger partial charge is 0.251 e. The molecule has 0 aliphatic carbocycles. The van der Waals surface area contributed by atoms with Crippen molar-refractivity contribution in [1.82, 2.24) is 5.32 Å². The second kappa shape index (κ2) is 7.39. The van der Waals surface area contributed by atoms with Crippen LogP contribution in [0.4, 0.5) is 0 Å². The summed E-state index contributed by atoms with van der Waals surface area (Å²) in [7, 11) is 0. The van der Waals surface area contributed by atoms with Gasteiger partial charge in [-0.3, -0.25) is 4.79 Å². The molecule has 1 unspecified atom stereocenters. The van der Waals surface area contributed by atoms with E-state index in [4.69, 9.17) is 16.3 Å². The average Bonchev–Trinajstić information content (AvgIpc) is 2.35. The molecule has 0 radical (unpaired) electrons. The van der Waals surface area contributed by atoms with E-state index >= 15 is 0 Å². The van der Waals surface area contributed by atoms with E-state index in [0.717, 1.165) is 5.75 Å². The van der Waals surface area contributed by atoms with E-state index < -0.39 is 0 Å². The molecule has 1 aromatic rings. The van der Waals surface area contributed by atoms with Crippen LogP contribution in [0.15, 0.2) is 24.3 Å². The summed E-state index contributed by atoms with van der Waals surface area (Å²) in [5.41, 5.74) is 0.617. The molecule has 1 atom stereocenters. The number of halogens is 1. The summed E-state index contributed by atoms with van der Waals surface area (Å²) in [5, 5.41) is 2.93. The van der Waals surface area contributed by atoms with Gasteiger partial charge in [0, 0.05) is 17.5 Å². The van der Waals surface area contributed by atoms with Crippen molar-refractivity contribution in [3.05, 3.63) is 29.8 Å². The van der Waals surface area contributed by atoms with E-state index in [1.54, 1.807) is 24.3 Å². The minimum Gasteiger partial charge on any atom is -0.491 e. The normalized spacial score (nSPS) is 12.6. The monoisotopic (exact) mass is 283 g/mol. The van der Waals surface area contributed by atoms with Crippen molar-refractivity contribution >= 4 is 17.5 Å². The van der Waals surface area contributed by atoms with Gasteiger partial charge in [-0.25, -0.2) is 0 Å². The fourth-order valence-electron chi connectivity index (χ4n) is 1.59. The van der Waals surface area contributed by atoms with Crippen LogP contribution in [-0.2, 0) is 0 Å². The third kappa shape index (κ3) is 5.11. The van der Waals surface area contributed by atoms with E-state index in [1.807, 2.05) is 27.7 Å². The summed E-state index contributed by atoms with van der Waals surface area (Å²) in [5.74, 6) is 1.39. The minimum absolute atomic E-state index is 0.0132. The van der Waals surface area contributed by atoms with Crippen LogP contribution in [0.2, 0.25) is 0 Å². The van der Waals surface area contributed by atoms with E-state index in [2.05, 4.69) is 5.32 Å². The number of alkyl halides is 1. The van der Waals surface area contributed by atoms with Gasteiger partial charge < -0.3 is 10.1 Å². The highest BCUT2D eigenvalue weighted by Crippen LogP contribution is 2.14. The highest BCUT2D eigenvalue weighted by atomic mass is 35.5. The second-order valence-corrected chi connectivity index (χ2v) is 5.48. The molecule has 1 N–H and O–H groups in total. The summed E-state index contributed by atoms with van der Waals surface area (Å²) in [4.78, 5) is 12.0. The molecule has 0 bridgehead atoms. The molecular formula is C15H22ClNO2. The van der Waals surface area contributed by atoms with Crippen molar-refractivity contribution in [2.45, 2.75) is 39.8 Å². The molecule has 0 spiro atoms. The molecule has 0 fully saturated rings. The van der Waals surface area contributed by atoms with Crippen LogP contribution >= 0.6 is 11.6 Å². The molecule has 0 saturated heterocycles. The summed E-state index contributed by atoms with van der Waals surface area (Å²) >= 11 is 5.84. The average molecular weight is 284 g/mol. The van der Waals surface area contributed by atoms with Crippen LogP contribution < -0.4 is 10.1 Å². The topological polar surface area (TPSA) is 38.3 Å². The largest absolute Gasteiger partial charge is 0.491 e. The maximum absolute atomic E-state index is 12.0. The lowest BCUT2D eigenvalue weighted by atomic mass is 10.1. The van der Waals surface area contributed by atoms with Gasteiger partial charge in [0.25, 0.3) is 5.91 Å². The van der Waals surface area contributed by atoms with Crippen LogP contribution in [0, 0.1) is 5.92 Å². The fraction of sp³-hybridized carbons (Fsp3) is 0.533. The Morgan fingerprint density at radius 1 is 1.21 bits per heavy atom. The van der Waals surface area contributed by atoms with Crippen molar-refractivity contribution < 1.29 is 9.53 Å². The number of hydrogen-bond donors (Lipinski definition) is 1. The summed E-state index contributed by atoms with van der Waals surface area (Å²) in [6.45, 7) is 8.00. The highest BCUT2D eigenvalue weighted by Gasteiger charge is 2.16. The molecular weight excluding hydrogens is 262 g/mol. The van der Waals surface area contributed by atoms with E-state index in [1.165, 1.54) is 0 Å². The molecule has 1 aromatic carbocycles. The summed E-state index contributed by atoms with van der Waals surface area (Å²) in [6, 6.07) is 7.12. The minimum atomic E-state index is -0.101. The first-order chi connectivity index (χ1) is 8.93. The SMILES string of the molecule is CC(C)Oc1ccc(C(=O)NC(CCl)C(C)C)cc1. The van der Waals surface area contributed by atoms with Gasteiger partial charge in [0.05, 0.1) is 6.10 Å². The molecule has 1 rings (SSSR count). The van der Waals surface area contributed by atoms with Gasteiger partial charge in [0.1, 0.15) is 5.75 Å². The Hall–Kier alpha value is -1.22. The standard InChI is InChI=1S/C15H22ClNO2/c1-10(2)14(9-16)17-15(18)12-5-7-13(8-6-12)19-11(3)4/h5-8,10-11,14H,9H2,1-4H3,(H,17,18). The summed E-state index contributed by atoms with van der Waals surface area (Å²) in [6.07, 6.45) is 0.126. The van der Waals surface area contributed by atoms with Crippen LogP contribution in [0.3, 0.4) is 0 Å². The number of nitrogens with one attached hydrogen (secondary N) is 1. The maximum atomic E-state index is 12.0. The Morgan fingerprint density at radius 3 is 2.21 bits per heavy atom. The lowest BCUT2D eigenvalue weighted by molar-refractivity contribution is 0.0931. The second-order valence-electron chi connectivity index (χ2n) is 5.17. The van der Waals surface area contributed by atoms with Gasteiger partial charge in [-0.1, -0.05) is 13.8 Å². The molecule has 19 heavy (non-hydrogen) atoms. The van der Waals surface area contributed by atoms with Gasteiger partial charge in [-0.05, 0) is 44.0 Å². The lowest BCUT2D eigenvalue weighted by Gasteiger charge is -2.19. The Bertz CT molecular complexity index is 401. The number of hydrogen-bond acceptors (Lipinski definition) is 2. The highest BCUT2D eigenvalue weighted by molar-refractivity contribution is 6.18. The molecule has 0 aromatic heterocycles. The first-order valence-corrected chi connectivity index (χ1v) is 7.11. The van der Waals surface area contributed by atoms with Crippen molar-refractivity contribution in [3.8, 4) is 5.75 Å². The Labute approximate surface area is 120 Å². The molecule has 0 aliphatic rings. The molecule has 106 valence electrons. The van der Waals surface area contributed by atoms with E-state index in [0.29, 0.717) is 17.4 Å². The van der Waals surface area contributed by atoms with Crippen LogP contribution in [-0.4, -0.2) is 23.9 Å². The summed E-state index contributed by atoms with van der Waals surface area (Å²) < 4.78 is 5.54. The predicted octanol–water partition coefficient (Wildman–Crippen LogP) is 3.47. The van der Waals surface area contributed by atoms with Gasteiger partial charge in [0.2, 0.25) is 0 Å². The number of amides is 1. The van der Waals surface area contributed by atoms with Crippen molar-refractivity contribution in [3.63, 3.8) is 0 Å². The molecule has 1 amide bonds. The quantitative estimate of drug-likeness (QED) is 0.812. The van der Waals surface area contributed by atoms with Crippen LogP contribution in [0.5, 0.6) is 5.75 Å². The van der Waals surface area contributed by atoms with Gasteiger partial charge in [0.15, 0.2) is 0 Å².